The van der Waals surface area contributed by atoms with Gasteiger partial charge in [-0.15, -0.1) is 0 Å². The highest BCUT2D eigenvalue weighted by Gasteiger charge is 2.15. The van der Waals surface area contributed by atoms with Gasteiger partial charge in [0.15, 0.2) is 0 Å². The van der Waals surface area contributed by atoms with Gasteiger partial charge in [0.25, 0.3) is 0 Å². The summed E-state index contributed by atoms with van der Waals surface area (Å²) in [6.07, 6.45) is 5.41. The van der Waals surface area contributed by atoms with E-state index in [1.807, 2.05) is 42.6 Å². The van der Waals surface area contributed by atoms with Crippen molar-refractivity contribution in [1.82, 2.24) is 15.4 Å². The molecular weight excluding hydrogens is 236 g/mol. The van der Waals surface area contributed by atoms with E-state index in [9.17, 15) is 0 Å². The van der Waals surface area contributed by atoms with Crippen LogP contribution in [0.25, 0.3) is 10.8 Å². The zero-order chi connectivity index (χ0) is 13.1. The third kappa shape index (κ3) is 2.19. The largest absolute Gasteiger partial charge is 0.271 e. The highest BCUT2D eigenvalue weighted by atomic mass is 15.2. The monoisotopic (exact) mass is 250 g/mol. The average Bonchev–Trinajstić information content (AvgIpc) is 2.49. The van der Waals surface area contributed by atoms with Crippen LogP contribution in [0.5, 0.6) is 0 Å². The van der Waals surface area contributed by atoms with E-state index in [-0.39, 0.29) is 6.04 Å². The van der Waals surface area contributed by atoms with Crippen molar-refractivity contribution >= 4 is 10.8 Å². The minimum absolute atomic E-state index is 0.132. The van der Waals surface area contributed by atoms with E-state index in [0.29, 0.717) is 0 Å². The number of nitrogens with zero attached hydrogens (tertiary/aromatic N) is 2. The van der Waals surface area contributed by atoms with E-state index in [1.54, 1.807) is 12.4 Å². The highest BCUT2D eigenvalue weighted by molar-refractivity contribution is 5.85. The topological polar surface area (TPSA) is 63.8 Å². The number of rotatable bonds is 3. The molecule has 2 aromatic heterocycles. The van der Waals surface area contributed by atoms with Crippen LogP contribution in [0.2, 0.25) is 0 Å². The molecule has 0 spiro atoms. The van der Waals surface area contributed by atoms with Crippen LogP contribution in [0.3, 0.4) is 0 Å². The molecule has 0 aliphatic rings. The van der Waals surface area contributed by atoms with Crippen LogP contribution >= 0.6 is 0 Å². The van der Waals surface area contributed by atoms with Crippen molar-refractivity contribution < 1.29 is 0 Å². The van der Waals surface area contributed by atoms with Gasteiger partial charge in [0.05, 0.1) is 11.7 Å². The van der Waals surface area contributed by atoms with E-state index in [2.05, 4.69) is 21.5 Å². The fourth-order valence-electron chi connectivity index (χ4n) is 2.28. The Labute approximate surface area is 111 Å². The molecule has 94 valence electrons. The van der Waals surface area contributed by atoms with Crippen LogP contribution in [0.1, 0.15) is 17.3 Å². The quantitative estimate of drug-likeness (QED) is 0.552. The first-order chi connectivity index (χ1) is 9.40. The van der Waals surface area contributed by atoms with Crippen LogP contribution in [0, 0.1) is 0 Å². The Balaban J connectivity index is 2.17. The van der Waals surface area contributed by atoms with Crippen molar-refractivity contribution in [2.24, 2.45) is 5.84 Å². The summed E-state index contributed by atoms with van der Waals surface area (Å²) in [6, 6.07) is 13.8. The van der Waals surface area contributed by atoms with Gasteiger partial charge < -0.3 is 0 Å². The highest BCUT2D eigenvalue weighted by Crippen LogP contribution is 2.26. The molecule has 0 radical (unpaired) electrons. The first kappa shape index (κ1) is 11.8. The van der Waals surface area contributed by atoms with Crippen molar-refractivity contribution in [2.45, 2.75) is 6.04 Å². The van der Waals surface area contributed by atoms with Gasteiger partial charge in [-0.05, 0) is 29.1 Å². The molecule has 0 aliphatic heterocycles. The lowest BCUT2D eigenvalue weighted by Gasteiger charge is -2.17. The molecule has 0 fully saturated rings. The standard InChI is InChI=1S/C15H14N4/c16-19-15(14-6-1-2-8-18-14)13-5-3-4-11-10-17-9-7-12(11)13/h1-10,15,19H,16H2. The van der Waals surface area contributed by atoms with Crippen molar-refractivity contribution in [1.29, 1.82) is 0 Å². The molecule has 1 atom stereocenters. The van der Waals surface area contributed by atoms with Gasteiger partial charge >= 0.3 is 0 Å². The fraction of sp³-hybridized carbons (Fsp3) is 0.0667. The van der Waals surface area contributed by atoms with Gasteiger partial charge in [-0.1, -0.05) is 24.3 Å². The molecule has 0 bridgehead atoms. The van der Waals surface area contributed by atoms with Gasteiger partial charge in [0.1, 0.15) is 0 Å². The number of hydrazine groups is 1. The molecule has 19 heavy (non-hydrogen) atoms. The molecule has 4 heteroatoms. The first-order valence-electron chi connectivity index (χ1n) is 6.10. The predicted molar refractivity (Wildman–Crippen MR) is 75.1 cm³/mol. The van der Waals surface area contributed by atoms with E-state index in [1.165, 1.54) is 0 Å². The third-order valence-electron chi connectivity index (χ3n) is 3.18. The van der Waals surface area contributed by atoms with Gasteiger partial charge in [-0.3, -0.25) is 15.8 Å². The van der Waals surface area contributed by atoms with Crippen molar-refractivity contribution in [2.75, 3.05) is 0 Å². The molecule has 0 aliphatic carbocycles. The number of nitrogens with two attached hydrogens (primary N) is 1. The maximum Gasteiger partial charge on any atom is 0.0887 e. The summed E-state index contributed by atoms with van der Waals surface area (Å²) < 4.78 is 0. The summed E-state index contributed by atoms with van der Waals surface area (Å²) in [4.78, 5) is 8.52. The van der Waals surface area contributed by atoms with E-state index >= 15 is 0 Å². The number of nitrogens with one attached hydrogen (secondary N) is 1. The Morgan fingerprint density at radius 3 is 2.74 bits per heavy atom. The molecule has 3 rings (SSSR count). The van der Waals surface area contributed by atoms with Crippen LogP contribution in [-0.2, 0) is 0 Å². The normalized spacial score (nSPS) is 12.5. The summed E-state index contributed by atoms with van der Waals surface area (Å²) in [5.41, 5.74) is 4.84. The maximum atomic E-state index is 5.72. The average molecular weight is 250 g/mol. The van der Waals surface area contributed by atoms with Crippen LogP contribution in [-0.4, -0.2) is 9.97 Å². The molecule has 3 N–H and O–H groups in total. The SMILES string of the molecule is NNC(c1ccccn1)c1cccc2cnccc12. The minimum Gasteiger partial charge on any atom is -0.271 e. The van der Waals surface area contributed by atoms with Gasteiger partial charge in [-0.2, -0.15) is 0 Å². The van der Waals surface area contributed by atoms with Crippen LogP contribution in [0.15, 0.2) is 61.1 Å². The number of fused-ring (bicyclic) bond motifs is 1. The second-order valence-electron chi connectivity index (χ2n) is 4.30. The number of hydrogen-bond acceptors (Lipinski definition) is 4. The van der Waals surface area contributed by atoms with Crippen LogP contribution in [0.4, 0.5) is 0 Å². The number of aromatic nitrogens is 2. The molecule has 0 amide bonds. The smallest absolute Gasteiger partial charge is 0.0887 e. The zero-order valence-electron chi connectivity index (χ0n) is 10.3. The van der Waals surface area contributed by atoms with E-state index < -0.39 is 0 Å². The molecule has 1 aromatic carbocycles. The van der Waals surface area contributed by atoms with Gasteiger partial charge in [0.2, 0.25) is 0 Å². The van der Waals surface area contributed by atoms with Crippen molar-refractivity contribution in [3.05, 3.63) is 72.3 Å². The Bertz CT molecular complexity index is 677. The summed E-state index contributed by atoms with van der Waals surface area (Å²) in [7, 11) is 0. The van der Waals surface area contributed by atoms with Gasteiger partial charge in [-0.25, -0.2) is 5.43 Å². The number of pyridine rings is 2. The molecule has 1 unspecified atom stereocenters. The van der Waals surface area contributed by atoms with Gasteiger partial charge in [0, 0.05) is 24.0 Å². The Kier molecular flexibility index (Phi) is 3.18. The fourth-order valence-corrected chi connectivity index (χ4v) is 2.28. The molecule has 4 nitrogen and oxygen atoms in total. The second kappa shape index (κ2) is 5.14. The predicted octanol–water partition coefficient (Wildman–Crippen LogP) is 2.18. The van der Waals surface area contributed by atoms with Crippen molar-refractivity contribution in [3.63, 3.8) is 0 Å². The van der Waals surface area contributed by atoms with E-state index in [0.717, 1.165) is 22.0 Å². The summed E-state index contributed by atoms with van der Waals surface area (Å²) in [6.45, 7) is 0. The van der Waals surface area contributed by atoms with E-state index in [4.69, 9.17) is 5.84 Å². The number of hydrogen-bond donors (Lipinski definition) is 2. The second-order valence-corrected chi connectivity index (χ2v) is 4.30. The lowest BCUT2D eigenvalue weighted by molar-refractivity contribution is 0.624. The first-order valence-corrected chi connectivity index (χ1v) is 6.10. The van der Waals surface area contributed by atoms with Crippen molar-refractivity contribution in [3.8, 4) is 0 Å². The summed E-state index contributed by atoms with van der Waals surface area (Å²) in [5, 5.41) is 2.22. The lowest BCUT2D eigenvalue weighted by atomic mass is 9.98. The number of benzene rings is 1. The molecule has 3 aromatic rings. The molecule has 2 heterocycles. The third-order valence-corrected chi connectivity index (χ3v) is 3.18. The van der Waals surface area contributed by atoms with Crippen LogP contribution < -0.4 is 11.3 Å². The molecule has 0 saturated heterocycles. The minimum atomic E-state index is -0.132. The molecule has 0 saturated carbocycles. The lowest BCUT2D eigenvalue weighted by Crippen LogP contribution is -2.29. The molecular formula is C15H14N4. The summed E-state index contributed by atoms with van der Waals surface area (Å²) in [5.74, 6) is 5.72. The zero-order valence-corrected chi connectivity index (χ0v) is 10.3. The summed E-state index contributed by atoms with van der Waals surface area (Å²) >= 11 is 0. The maximum absolute atomic E-state index is 5.72. The Morgan fingerprint density at radius 2 is 1.95 bits per heavy atom. The Morgan fingerprint density at radius 1 is 1.00 bits per heavy atom. The Hall–Kier alpha value is -2.30.